The van der Waals surface area contributed by atoms with E-state index in [1.807, 2.05) is 12.1 Å². The van der Waals surface area contributed by atoms with E-state index >= 15 is 0 Å². The molecular weight excluding hydrogens is 354 g/mol. The molecular formula is C18H17N3O4S. The molecule has 0 fully saturated rings. The van der Waals surface area contributed by atoms with E-state index in [-0.39, 0.29) is 5.91 Å². The number of rotatable bonds is 6. The molecule has 1 heterocycles. The van der Waals surface area contributed by atoms with Crippen LogP contribution >= 0.6 is 11.3 Å². The van der Waals surface area contributed by atoms with Crippen LogP contribution < -0.4 is 19.5 Å². The summed E-state index contributed by atoms with van der Waals surface area (Å²) in [6.45, 7) is 0. The van der Waals surface area contributed by atoms with Gasteiger partial charge in [-0.05, 0) is 30.3 Å². The molecule has 8 heteroatoms. The molecule has 7 nitrogen and oxygen atoms in total. The van der Waals surface area contributed by atoms with Crippen molar-refractivity contribution in [1.82, 2.24) is 10.2 Å². The zero-order chi connectivity index (χ0) is 18.5. The largest absolute Gasteiger partial charge is 0.496 e. The maximum Gasteiger partial charge on any atom is 0.261 e. The van der Waals surface area contributed by atoms with Crippen molar-refractivity contribution in [2.45, 2.75) is 0 Å². The Kier molecular flexibility index (Phi) is 5.33. The first-order valence-corrected chi connectivity index (χ1v) is 8.48. The van der Waals surface area contributed by atoms with E-state index in [4.69, 9.17) is 14.2 Å². The minimum atomic E-state index is -0.308. The van der Waals surface area contributed by atoms with Crippen LogP contribution in [0.25, 0.3) is 10.6 Å². The highest BCUT2D eigenvalue weighted by atomic mass is 32.1. The Labute approximate surface area is 154 Å². The van der Waals surface area contributed by atoms with Gasteiger partial charge in [0.1, 0.15) is 10.8 Å². The number of hydrogen-bond acceptors (Lipinski definition) is 7. The fraction of sp³-hybridized carbons (Fsp3) is 0.167. The van der Waals surface area contributed by atoms with E-state index in [0.717, 1.165) is 5.56 Å². The van der Waals surface area contributed by atoms with Gasteiger partial charge in [-0.15, -0.1) is 10.2 Å². The lowest BCUT2D eigenvalue weighted by Crippen LogP contribution is -2.12. The lowest BCUT2D eigenvalue weighted by atomic mass is 10.2. The van der Waals surface area contributed by atoms with E-state index < -0.39 is 0 Å². The molecule has 0 radical (unpaired) electrons. The highest BCUT2D eigenvalue weighted by Gasteiger charge is 2.15. The molecule has 3 aromatic rings. The number of methoxy groups -OCH3 is 3. The topological polar surface area (TPSA) is 82.6 Å². The fourth-order valence-electron chi connectivity index (χ4n) is 2.36. The van der Waals surface area contributed by atoms with Gasteiger partial charge in [0.15, 0.2) is 11.5 Å². The van der Waals surface area contributed by atoms with Crippen LogP contribution in [-0.2, 0) is 0 Å². The summed E-state index contributed by atoms with van der Waals surface area (Å²) in [6.07, 6.45) is 0. The zero-order valence-electron chi connectivity index (χ0n) is 14.5. The zero-order valence-corrected chi connectivity index (χ0v) is 15.3. The Hall–Kier alpha value is -3.13. The van der Waals surface area contributed by atoms with E-state index in [2.05, 4.69) is 15.5 Å². The Morgan fingerprint density at radius 2 is 1.65 bits per heavy atom. The Bertz CT molecular complexity index is 926. The molecule has 0 aliphatic heterocycles. The molecule has 1 aromatic heterocycles. The number of amides is 1. The van der Waals surface area contributed by atoms with Gasteiger partial charge in [0.2, 0.25) is 5.13 Å². The summed E-state index contributed by atoms with van der Waals surface area (Å²) in [6, 6.07) is 12.4. The van der Waals surface area contributed by atoms with E-state index in [1.54, 1.807) is 44.6 Å². The minimum Gasteiger partial charge on any atom is -0.496 e. The van der Waals surface area contributed by atoms with Gasteiger partial charge in [-0.2, -0.15) is 0 Å². The lowest BCUT2D eigenvalue weighted by Gasteiger charge is -2.08. The summed E-state index contributed by atoms with van der Waals surface area (Å²) in [7, 11) is 4.67. The van der Waals surface area contributed by atoms with E-state index in [1.165, 1.54) is 18.4 Å². The number of aromatic nitrogens is 2. The standard InChI is InChI=1S/C18H17N3O4S/c1-23-13-7-5-4-6-12(13)16(22)19-18-21-20-17(26-18)11-8-9-14(24-2)15(10-11)25-3/h4-10H,1-3H3,(H,19,21,22). The third-order valence-corrected chi connectivity index (χ3v) is 4.52. The van der Waals surface area contributed by atoms with Crippen LogP contribution in [0.5, 0.6) is 17.2 Å². The summed E-state index contributed by atoms with van der Waals surface area (Å²) >= 11 is 1.26. The van der Waals surface area contributed by atoms with Gasteiger partial charge in [-0.1, -0.05) is 23.5 Å². The van der Waals surface area contributed by atoms with Crippen LogP contribution in [0, 0.1) is 0 Å². The second-order valence-corrected chi connectivity index (χ2v) is 6.11. The lowest BCUT2D eigenvalue weighted by molar-refractivity contribution is 0.102. The molecule has 0 unspecified atom stereocenters. The van der Waals surface area contributed by atoms with Gasteiger partial charge >= 0.3 is 0 Å². The SMILES string of the molecule is COc1ccc(-c2nnc(NC(=O)c3ccccc3OC)s2)cc1OC. The predicted octanol–water partition coefficient (Wildman–Crippen LogP) is 3.48. The quantitative estimate of drug-likeness (QED) is 0.714. The van der Waals surface area contributed by atoms with Crippen molar-refractivity contribution in [3.8, 4) is 27.8 Å². The van der Waals surface area contributed by atoms with Gasteiger partial charge in [0.05, 0.1) is 26.9 Å². The van der Waals surface area contributed by atoms with Crippen LogP contribution in [0.3, 0.4) is 0 Å². The maximum atomic E-state index is 12.4. The van der Waals surface area contributed by atoms with Gasteiger partial charge < -0.3 is 14.2 Å². The van der Waals surface area contributed by atoms with Crippen LogP contribution in [0.15, 0.2) is 42.5 Å². The number of carbonyl (C=O) groups is 1. The molecule has 0 atom stereocenters. The molecule has 0 saturated carbocycles. The van der Waals surface area contributed by atoms with Crippen molar-refractivity contribution in [3.05, 3.63) is 48.0 Å². The number of anilines is 1. The Morgan fingerprint density at radius 1 is 0.923 bits per heavy atom. The number of benzene rings is 2. The molecule has 0 aliphatic carbocycles. The fourth-order valence-corrected chi connectivity index (χ4v) is 3.09. The third-order valence-electron chi connectivity index (χ3n) is 3.63. The van der Waals surface area contributed by atoms with Gasteiger partial charge in [0, 0.05) is 5.56 Å². The number of nitrogens with zero attached hydrogens (tertiary/aromatic N) is 2. The summed E-state index contributed by atoms with van der Waals surface area (Å²) in [5, 5.41) is 12.0. The van der Waals surface area contributed by atoms with E-state index in [0.29, 0.717) is 33.0 Å². The van der Waals surface area contributed by atoms with Crippen molar-refractivity contribution < 1.29 is 19.0 Å². The minimum absolute atomic E-state index is 0.308. The monoisotopic (exact) mass is 371 g/mol. The number of ether oxygens (including phenoxy) is 3. The van der Waals surface area contributed by atoms with E-state index in [9.17, 15) is 4.79 Å². The van der Waals surface area contributed by atoms with Crippen molar-refractivity contribution in [2.24, 2.45) is 0 Å². The summed E-state index contributed by atoms with van der Waals surface area (Å²) in [5.74, 6) is 1.41. The predicted molar refractivity (Wildman–Crippen MR) is 99.4 cm³/mol. The highest BCUT2D eigenvalue weighted by Crippen LogP contribution is 2.34. The molecule has 26 heavy (non-hydrogen) atoms. The second kappa shape index (κ2) is 7.83. The number of nitrogens with one attached hydrogen (secondary N) is 1. The van der Waals surface area contributed by atoms with Crippen LogP contribution in [0.2, 0.25) is 0 Å². The molecule has 0 saturated heterocycles. The number of carbonyl (C=O) groups excluding carboxylic acids is 1. The Morgan fingerprint density at radius 3 is 2.38 bits per heavy atom. The highest BCUT2D eigenvalue weighted by molar-refractivity contribution is 7.18. The molecule has 134 valence electrons. The first-order valence-electron chi connectivity index (χ1n) is 7.66. The van der Waals surface area contributed by atoms with Crippen LogP contribution in [0.4, 0.5) is 5.13 Å². The molecule has 0 aliphatic rings. The second-order valence-electron chi connectivity index (χ2n) is 5.14. The first kappa shape index (κ1) is 17.7. The molecule has 2 aromatic carbocycles. The average molecular weight is 371 g/mol. The molecule has 0 spiro atoms. The van der Waals surface area contributed by atoms with Crippen molar-refractivity contribution in [1.29, 1.82) is 0 Å². The molecule has 1 amide bonds. The summed E-state index contributed by atoms with van der Waals surface area (Å²) < 4.78 is 15.7. The first-order chi connectivity index (χ1) is 12.7. The van der Waals surface area contributed by atoms with Crippen LogP contribution in [0.1, 0.15) is 10.4 Å². The average Bonchev–Trinajstić information content (AvgIpc) is 3.15. The maximum absolute atomic E-state index is 12.4. The molecule has 3 rings (SSSR count). The molecule has 1 N–H and O–H groups in total. The number of hydrogen-bond donors (Lipinski definition) is 1. The van der Waals surface area contributed by atoms with Crippen LogP contribution in [-0.4, -0.2) is 37.4 Å². The van der Waals surface area contributed by atoms with Gasteiger partial charge in [-0.3, -0.25) is 10.1 Å². The van der Waals surface area contributed by atoms with Gasteiger partial charge in [-0.25, -0.2) is 0 Å². The summed E-state index contributed by atoms with van der Waals surface area (Å²) in [5.41, 5.74) is 1.25. The third kappa shape index (κ3) is 3.60. The number of para-hydroxylation sites is 1. The van der Waals surface area contributed by atoms with Gasteiger partial charge in [0.25, 0.3) is 5.91 Å². The van der Waals surface area contributed by atoms with Crippen molar-refractivity contribution in [3.63, 3.8) is 0 Å². The Balaban J connectivity index is 1.81. The smallest absolute Gasteiger partial charge is 0.261 e. The van der Waals surface area contributed by atoms with Crippen molar-refractivity contribution >= 4 is 22.4 Å². The summed E-state index contributed by atoms with van der Waals surface area (Å²) in [4.78, 5) is 12.4. The molecule has 0 bridgehead atoms. The van der Waals surface area contributed by atoms with Crippen molar-refractivity contribution in [2.75, 3.05) is 26.6 Å². The normalized spacial score (nSPS) is 10.3.